The van der Waals surface area contributed by atoms with E-state index in [4.69, 9.17) is 0 Å². The third kappa shape index (κ3) is 1.51. The molecule has 1 amide bonds. The minimum Gasteiger partial charge on any atom is -0.350 e. The SMILES string of the molecule is C=C1CNC(=O)Cn2nc(Br)cc21. The van der Waals surface area contributed by atoms with Crippen molar-refractivity contribution in [2.75, 3.05) is 6.54 Å². The van der Waals surface area contributed by atoms with Crippen molar-refractivity contribution in [2.45, 2.75) is 6.54 Å². The standard InChI is InChI=1S/C8H8BrN3O/c1-5-3-10-8(13)4-12-6(5)2-7(9)11-12/h2H,1,3-4H2,(H,10,13). The molecule has 0 unspecified atom stereocenters. The zero-order valence-electron chi connectivity index (χ0n) is 6.88. The Morgan fingerprint density at radius 3 is 3.23 bits per heavy atom. The minimum absolute atomic E-state index is 0.0319. The number of rotatable bonds is 0. The first-order valence-electron chi connectivity index (χ1n) is 3.85. The maximum Gasteiger partial charge on any atom is 0.242 e. The summed E-state index contributed by atoms with van der Waals surface area (Å²) in [6.07, 6.45) is 0. The van der Waals surface area contributed by atoms with E-state index in [-0.39, 0.29) is 12.5 Å². The van der Waals surface area contributed by atoms with Crippen molar-refractivity contribution in [2.24, 2.45) is 0 Å². The van der Waals surface area contributed by atoms with Crippen molar-refractivity contribution < 1.29 is 4.79 Å². The van der Waals surface area contributed by atoms with Crippen LogP contribution >= 0.6 is 15.9 Å². The summed E-state index contributed by atoms with van der Waals surface area (Å²) < 4.78 is 2.38. The summed E-state index contributed by atoms with van der Waals surface area (Å²) in [5, 5.41) is 6.86. The van der Waals surface area contributed by atoms with Crippen molar-refractivity contribution >= 4 is 27.4 Å². The molecule has 4 nitrogen and oxygen atoms in total. The van der Waals surface area contributed by atoms with Crippen molar-refractivity contribution in [3.8, 4) is 0 Å². The van der Waals surface area contributed by atoms with Gasteiger partial charge in [-0.15, -0.1) is 0 Å². The van der Waals surface area contributed by atoms with Crippen LogP contribution in [0.25, 0.3) is 5.57 Å². The molecule has 2 heterocycles. The molecule has 0 saturated heterocycles. The summed E-state index contributed by atoms with van der Waals surface area (Å²) >= 11 is 3.26. The molecule has 13 heavy (non-hydrogen) atoms. The number of hydrogen-bond acceptors (Lipinski definition) is 2. The Bertz CT molecular complexity index is 383. The summed E-state index contributed by atoms with van der Waals surface area (Å²) in [7, 11) is 0. The number of amides is 1. The molecule has 0 aliphatic carbocycles. The lowest BCUT2D eigenvalue weighted by Crippen LogP contribution is -2.25. The lowest BCUT2D eigenvalue weighted by Gasteiger charge is -1.99. The molecule has 1 aromatic rings. The summed E-state index contributed by atoms with van der Waals surface area (Å²) in [5.41, 5.74) is 1.79. The Balaban J connectivity index is 2.48. The maximum absolute atomic E-state index is 11.2. The van der Waals surface area contributed by atoms with Gasteiger partial charge in [0.1, 0.15) is 11.1 Å². The summed E-state index contributed by atoms with van der Waals surface area (Å²) in [4.78, 5) is 11.2. The fourth-order valence-electron chi connectivity index (χ4n) is 1.28. The molecular formula is C8H8BrN3O. The molecule has 2 rings (SSSR count). The molecule has 0 saturated carbocycles. The minimum atomic E-state index is -0.0319. The predicted molar refractivity (Wildman–Crippen MR) is 52.0 cm³/mol. The van der Waals surface area contributed by atoms with Gasteiger partial charge in [-0.05, 0) is 27.6 Å². The predicted octanol–water partition coefficient (Wildman–Crippen LogP) is 0.789. The van der Waals surface area contributed by atoms with Crippen LogP contribution in [-0.2, 0) is 11.3 Å². The van der Waals surface area contributed by atoms with Gasteiger partial charge in [-0.2, -0.15) is 5.10 Å². The number of aromatic nitrogens is 2. The topological polar surface area (TPSA) is 46.9 Å². The summed E-state index contributed by atoms with van der Waals surface area (Å²) in [6, 6.07) is 1.86. The summed E-state index contributed by atoms with van der Waals surface area (Å²) in [6.45, 7) is 4.63. The van der Waals surface area contributed by atoms with Gasteiger partial charge in [0.2, 0.25) is 5.91 Å². The van der Waals surface area contributed by atoms with E-state index in [9.17, 15) is 4.79 Å². The molecule has 0 bridgehead atoms. The van der Waals surface area contributed by atoms with Crippen LogP contribution in [0.5, 0.6) is 0 Å². The number of fused-ring (bicyclic) bond motifs is 1. The van der Waals surface area contributed by atoms with Gasteiger partial charge in [-0.1, -0.05) is 6.58 Å². The van der Waals surface area contributed by atoms with Crippen molar-refractivity contribution in [1.82, 2.24) is 15.1 Å². The molecule has 1 aliphatic heterocycles. The first kappa shape index (κ1) is 8.50. The zero-order valence-corrected chi connectivity index (χ0v) is 8.47. The lowest BCUT2D eigenvalue weighted by molar-refractivity contribution is -0.121. The van der Waals surface area contributed by atoms with Crippen molar-refractivity contribution in [3.05, 3.63) is 22.9 Å². The summed E-state index contributed by atoms with van der Waals surface area (Å²) in [5.74, 6) is -0.0319. The van der Waals surface area contributed by atoms with Gasteiger partial charge in [-0.25, -0.2) is 0 Å². The average Bonchev–Trinajstić information content (AvgIpc) is 2.37. The third-order valence-electron chi connectivity index (χ3n) is 1.90. The number of halogens is 1. The van der Waals surface area contributed by atoms with Crippen LogP contribution in [0.2, 0.25) is 0 Å². The highest BCUT2D eigenvalue weighted by Crippen LogP contribution is 2.18. The van der Waals surface area contributed by atoms with Crippen LogP contribution in [0.3, 0.4) is 0 Å². The number of nitrogens with zero attached hydrogens (tertiary/aromatic N) is 2. The molecule has 1 aliphatic rings. The molecule has 1 aromatic heterocycles. The Hall–Kier alpha value is -1.10. The van der Waals surface area contributed by atoms with Crippen molar-refractivity contribution in [3.63, 3.8) is 0 Å². The van der Waals surface area contributed by atoms with E-state index < -0.39 is 0 Å². The maximum atomic E-state index is 11.2. The van der Waals surface area contributed by atoms with E-state index in [1.54, 1.807) is 4.68 Å². The quantitative estimate of drug-likeness (QED) is 0.731. The van der Waals surface area contributed by atoms with Crippen LogP contribution in [0.15, 0.2) is 17.2 Å². The molecule has 0 atom stereocenters. The van der Waals surface area contributed by atoms with Gasteiger partial charge in [0, 0.05) is 6.54 Å². The number of carbonyl (C=O) groups is 1. The van der Waals surface area contributed by atoms with E-state index in [1.807, 2.05) is 6.07 Å². The van der Waals surface area contributed by atoms with E-state index in [0.717, 1.165) is 15.9 Å². The fourth-order valence-corrected chi connectivity index (χ4v) is 1.69. The van der Waals surface area contributed by atoms with Gasteiger partial charge < -0.3 is 5.32 Å². The second-order valence-corrected chi connectivity index (χ2v) is 3.70. The van der Waals surface area contributed by atoms with Gasteiger partial charge >= 0.3 is 0 Å². The molecule has 0 fully saturated rings. The highest BCUT2D eigenvalue weighted by molar-refractivity contribution is 9.10. The third-order valence-corrected chi connectivity index (χ3v) is 2.29. The van der Waals surface area contributed by atoms with Gasteiger partial charge in [0.05, 0.1) is 5.69 Å². The highest BCUT2D eigenvalue weighted by atomic mass is 79.9. The molecule has 0 radical (unpaired) electrons. The number of hydrogen-bond donors (Lipinski definition) is 1. The van der Waals surface area contributed by atoms with E-state index in [1.165, 1.54) is 0 Å². The van der Waals surface area contributed by atoms with E-state index in [2.05, 4.69) is 32.9 Å². The Morgan fingerprint density at radius 1 is 1.69 bits per heavy atom. The van der Waals surface area contributed by atoms with Gasteiger partial charge in [0.15, 0.2) is 0 Å². The van der Waals surface area contributed by atoms with Gasteiger partial charge in [0.25, 0.3) is 0 Å². The number of nitrogens with one attached hydrogen (secondary N) is 1. The second-order valence-electron chi connectivity index (χ2n) is 2.89. The van der Waals surface area contributed by atoms with Crippen molar-refractivity contribution in [1.29, 1.82) is 0 Å². The monoisotopic (exact) mass is 241 g/mol. The van der Waals surface area contributed by atoms with Crippen LogP contribution in [-0.4, -0.2) is 22.2 Å². The molecule has 68 valence electrons. The smallest absolute Gasteiger partial charge is 0.242 e. The van der Waals surface area contributed by atoms with E-state index in [0.29, 0.717) is 6.54 Å². The largest absolute Gasteiger partial charge is 0.350 e. The molecule has 0 spiro atoms. The first-order valence-corrected chi connectivity index (χ1v) is 4.64. The van der Waals surface area contributed by atoms with Crippen LogP contribution in [0.1, 0.15) is 5.69 Å². The number of carbonyl (C=O) groups excluding carboxylic acids is 1. The Kier molecular flexibility index (Phi) is 1.95. The Labute approximate surface area is 83.7 Å². The second kappa shape index (κ2) is 2.99. The molecular weight excluding hydrogens is 234 g/mol. The molecule has 0 aromatic carbocycles. The van der Waals surface area contributed by atoms with E-state index >= 15 is 0 Å². The van der Waals surface area contributed by atoms with Crippen LogP contribution in [0.4, 0.5) is 0 Å². The lowest BCUT2D eigenvalue weighted by atomic mass is 10.2. The zero-order chi connectivity index (χ0) is 9.42. The van der Waals surface area contributed by atoms with Gasteiger partial charge in [-0.3, -0.25) is 9.48 Å². The molecule has 1 N–H and O–H groups in total. The first-order chi connectivity index (χ1) is 6.16. The Morgan fingerprint density at radius 2 is 2.46 bits per heavy atom. The average molecular weight is 242 g/mol. The fraction of sp³-hybridized carbons (Fsp3) is 0.250. The highest BCUT2D eigenvalue weighted by Gasteiger charge is 2.16. The molecule has 5 heteroatoms. The van der Waals surface area contributed by atoms with Crippen LogP contribution in [0, 0.1) is 0 Å². The van der Waals surface area contributed by atoms with Crippen LogP contribution < -0.4 is 5.32 Å². The normalized spacial score (nSPS) is 16.4.